The van der Waals surface area contributed by atoms with E-state index in [0.717, 1.165) is 11.5 Å². The van der Waals surface area contributed by atoms with Crippen molar-refractivity contribution in [1.29, 1.82) is 0 Å². The van der Waals surface area contributed by atoms with E-state index in [1.807, 2.05) is 20.8 Å². The van der Waals surface area contributed by atoms with Crippen LogP contribution in [-0.2, 0) is 0 Å². The molecular formula is C7H12N2O. The molecule has 0 saturated heterocycles. The van der Waals surface area contributed by atoms with Crippen LogP contribution in [0.4, 0.5) is 0 Å². The predicted octanol–water partition coefficient (Wildman–Crippen LogP) is 1.31. The molecule has 1 aromatic heterocycles. The van der Waals surface area contributed by atoms with Crippen molar-refractivity contribution in [3.05, 3.63) is 17.3 Å². The SMILES string of the molecule is Cc1nc(C)c(C(C)N)o1. The molecular weight excluding hydrogens is 128 g/mol. The molecule has 1 atom stereocenters. The lowest BCUT2D eigenvalue weighted by Gasteiger charge is -1.98. The van der Waals surface area contributed by atoms with E-state index in [9.17, 15) is 0 Å². The molecule has 1 rings (SSSR count). The van der Waals surface area contributed by atoms with E-state index in [1.54, 1.807) is 0 Å². The maximum Gasteiger partial charge on any atom is 0.191 e. The van der Waals surface area contributed by atoms with E-state index in [-0.39, 0.29) is 6.04 Å². The third-order valence-electron chi connectivity index (χ3n) is 1.35. The molecule has 0 aliphatic carbocycles. The van der Waals surface area contributed by atoms with E-state index in [0.29, 0.717) is 5.89 Å². The van der Waals surface area contributed by atoms with Crippen molar-refractivity contribution in [1.82, 2.24) is 4.98 Å². The third-order valence-corrected chi connectivity index (χ3v) is 1.35. The van der Waals surface area contributed by atoms with Crippen LogP contribution in [0.5, 0.6) is 0 Å². The quantitative estimate of drug-likeness (QED) is 0.639. The average Bonchev–Trinajstić information content (AvgIpc) is 2.10. The van der Waals surface area contributed by atoms with E-state index in [1.165, 1.54) is 0 Å². The maximum atomic E-state index is 5.59. The van der Waals surface area contributed by atoms with Crippen LogP contribution in [0.3, 0.4) is 0 Å². The molecule has 10 heavy (non-hydrogen) atoms. The Morgan fingerprint density at radius 1 is 1.50 bits per heavy atom. The van der Waals surface area contributed by atoms with Crippen molar-refractivity contribution in [2.24, 2.45) is 5.73 Å². The fraction of sp³-hybridized carbons (Fsp3) is 0.571. The maximum absolute atomic E-state index is 5.59. The summed E-state index contributed by atoms with van der Waals surface area (Å²) < 4.78 is 5.24. The zero-order chi connectivity index (χ0) is 7.72. The average molecular weight is 140 g/mol. The molecule has 0 radical (unpaired) electrons. The summed E-state index contributed by atoms with van der Waals surface area (Å²) in [5.74, 6) is 1.47. The van der Waals surface area contributed by atoms with Gasteiger partial charge in [-0.05, 0) is 13.8 Å². The van der Waals surface area contributed by atoms with E-state index < -0.39 is 0 Å². The van der Waals surface area contributed by atoms with Gasteiger partial charge in [0.15, 0.2) is 5.89 Å². The normalized spacial score (nSPS) is 13.6. The molecule has 0 saturated carbocycles. The molecule has 0 aliphatic rings. The molecule has 1 unspecified atom stereocenters. The van der Waals surface area contributed by atoms with Crippen LogP contribution < -0.4 is 5.73 Å². The van der Waals surface area contributed by atoms with Gasteiger partial charge in [-0.3, -0.25) is 0 Å². The lowest BCUT2D eigenvalue weighted by atomic mass is 10.2. The van der Waals surface area contributed by atoms with Crippen LogP contribution in [0, 0.1) is 13.8 Å². The highest BCUT2D eigenvalue weighted by Crippen LogP contribution is 2.15. The highest BCUT2D eigenvalue weighted by Gasteiger charge is 2.09. The van der Waals surface area contributed by atoms with Crippen molar-refractivity contribution in [2.75, 3.05) is 0 Å². The van der Waals surface area contributed by atoms with Crippen molar-refractivity contribution in [3.8, 4) is 0 Å². The summed E-state index contributed by atoms with van der Waals surface area (Å²) in [4.78, 5) is 4.09. The Kier molecular flexibility index (Phi) is 1.76. The first-order valence-corrected chi connectivity index (χ1v) is 3.30. The molecule has 0 aliphatic heterocycles. The number of nitrogens with zero attached hydrogens (tertiary/aromatic N) is 1. The summed E-state index contributed by atoms with van der Waals surface area (Å²) in [6.07, 6.45) is 0. The number of aryl methyl sites for hydroxylation is 2. The lowest BCUT2D eigenvalue weighted by molar-refractivity contribution is 0.449. The van der Waals surface area contributed by atoms with E-state index in [4.69, 9.17) is 10.2 Å². The first kappa shape index (κ1) is 7.28. The first-order chi connectivity index (χ1) is 4.61. The van der Waals surface area contributed by atoms with Gasteiger partial charge >= 0.3 is 0 Å². The minimum absolute atomic E-state index is 0.0544. The van der Waals surface area contributed by atoms with Crippen molar-refractivity contribution in [2.45, 2.75) is 26.8 Å². The topological polar surface area (TPSA) is 52.0 Å². The largest absolute Gasteiger partial charge is 0.444 e. The summed E-state index contributed by atoms with van der Waals surface area (Å²) in [5, 5.41) is 0. The van der Waals surface area contributed by atoms with E-state index >= 15 is 0 Å². The smallest absolute Gasteiger partial charge is 0.191 e. The molecule has 1 heterocycles. The highest BCUT2D eigenvalue weighted by molar-refractivity contribution is 5.10. The number of hydrogen-bond acceptors (Lipinski definition) is 3. The van der Waals surface area contributed by atoms with Crippen LogP contribution in [0.25, 0.3) is 0 Å². The number of oxazole rings is 1. The standard InChI is InChI=1S/C7H12N2O/c1-4(8)7-5(2)9-6(3)10-7/h4H,8H2,1-3H3. The van der Waals surface area contributed by atoms with Gasteiger partial charge in [-0.2, -0.15) is 0 Å². The molecule has 2 N–H and O–H groups in total. The Bertz CT molecular complexity index is 228. The van der Waals surface area contributed by atoms with Gasteiger partial charge in [0.1, 0.15) is 5.76 Å². The lowest BCUT2D eigenvalue weighted by Crippen LogP contribution is -2.04. The fourth-order valence-corrected chi connectivity index (χ4v) is 0.970. The number of hydrogen-bond donors (Lipinski definition) is 1. The first-order valence-electron chi connectivity index (χ1n) is 3.30. The molecule has 0 spiro atoms. The number of nitrogens with two attached hydrogens (primary N) is 1. The second-order valence-electron chi connectivity index (χ2n) is 2.47. The molecule has 3 heteroatoms. The second-order valence-corrected chi connectivity index (χ2v) is 2.47. The number of rotatable bonds is 1. The molecule has 0 bridgehead atoms. The van der Waals surface area contributed by atoms with Crippen molar-refractivity contribution >= 4 is 0 Å². The fourth-order valence-electron chi connectivity index (χ4n) is 0.970. The molecule has 0 amide bonds. The molecule has 0 fully saturated rings. The van der Waals surface area contributed by atoms with Gasteiger partial charge < -0.3 is 10.2 Å². The van der Waals surface area contributed by atoms with Gasteiger partial charge in [0.2, 0.25) is 0 Å². The zero-order valence-electron chi connectivity index (χ0n) is 6.51. The second kappa shape index (κ2) is 2.42. The molecule has 1 aromatic rings. The van der Waals surface area contributed by atoms with Gasteiger partial charge in [-0.1, -0.05) is 0 Å². The predicted molar refractivity (Wildman–Crippen MR) is 38.6 cm³/mol. The van der Waals surface area contributed by atoms with Gasteiger partial charge in [0, 0.05) is 6.92 Å². The minimum atomic E-state index is -0.0544. The Labute approximate surface area is 60.2 Å². The van der Waals surface area contributed by atoms with Crippen LogP contribution in [0.2, 0.25) is 0 Å². The van der Waals surface area contributed by atoms with Crippen LogP contribution >= 0.6 is 0 Å². The van der Waals surface area contributed by atoms with E-state index in [2.05, 4.69) is 4.98 Å². The van der Waals surface area contributed by atoms with Gasteiger partial charge in [-0.25, -0.2) is 4.98 Å². The van der Waals surface area contributed by atoms with Gasteiger partial charge in [0.25, 0.3) is 0 Å². The Morgan fingerprint density at radius 2 is 2.10 bits per heavy atom. The third kappa shape index (κ3) is 1.19. The number of aromatic nitrogens is 1. The summed E-state index contributed by atoms with van der Waals surface area (Å²) in [6.45, 7) is 5.60. The van der Waals surface area contributed by atoms with Crippen LogP contribution in [-0.4, -0.2) is 4.98 Å². The van der Waals surface area contributed by atoms with Gasteiger partial charge in [0.05, 0.1) is 11.7 Å². The Balaban J connectivity index is 3.03. The van der Waals surface area contributed by atoms with Gasteiger partial charge in [-0.15, -0.1) is 0 Å². The molecule has 3 nitrogen and oxygen atoms in total. The Hall–Kier alpha value is -0.830. The minimum Gasteiger partial charge on any atom is -0.444 e. The van der Waals surface area contributed by atoms with Crippen LogP contribution in [0.1, 0.15) is 30.3 Å². The summed E-state index contributed by atoms with van der Waals surface area (Å²) >= 11 is 0. The summed E-state index contributed by atoms with van der Waals surface area (Å²) in [5.41, 5.74) is 6.49. The van der Waals surface area contributed by atoms with Crippen LogP contribution in [0.15, 0.2) is 4.42 Å². The summed E-state index contributed by atoms with van der Waals surface area (Å²) in [7, 11) is 0. The monoisotopic (exact) mass is 140 g/mol. The zero-order valence-corrected chi connectivity index (χ0v) is 6.51. The summed E-state index contributed by atoms with van der Waals surface area (Å²) in [6, 6.07) is -0.0544. The van der Waals surface area contributed by atoms with Crippen molar-refractivity contribution < 1.29 is 4.42 Å². The van der Waals surface area contributed by atoms with Crippen molar-refractivity contribution in [3.63, 3.8) is 0 Å². The molecule has 56 valence electrons. The molecule has 0 aromatic carbocycles. The highest BCUT2D eigenvalue weighted by atomic mass is 16.4. The Morgan fingerprint density at radius 3 is 2.30 bits per heavy atom.